The van der Waals surface area contributed by atoms with E-state index in [0.717, 1.165) is 6.42 Å². The van der Waals surface area contributed by atoms with Gasteiger partial charge in [0.05, 0.1) is 5.56 Å². The molecule has 0 amide bonds. The molecule has 3 heteroatoms. The normalized spacial score (nSPS) is 11.9. The maximum atomic E-state index is 11.5. The lowest BCUT2D eigenvalue weighted by molar-refractivity contribution is -0.138. The van der Waals surface area contributed by atoms with Crippen molar-refractivity contribution in [1.82, 2.24) is 0 Å². The Morgan fingerprint density at radius 2 is 1.88 bits per heavy atom. The van der Waals surface area contributed by atoms with Crippen LogP contribution >= 0.6 is 0 Å². The Bertz CT molecular complexity index is 357. The summed E-state index contributed by atoms with van der Waals surface area (Å²) in [7, 11) is 0. The number of esters is 2. The fourth-order valence-corrected chi connectivity index (χ4v) is 1.21. The molecular formula is C13H16O3. The largest absolute Gasteiger partial charge is 0.389 e. The second-order valence-electron chi connectivity index (χ2n) is 3.85. The topological polar surface area (TPSA) is 43.4 Å². The Kier molecular flexibility index (Phi) is 4.70. The first-order valence-electron chi connectivity index (χ1n) is 5.43. The number of ether oxygens (including phenoxy) is 1. The van der Waals surface area contributed by atoms with Crippen molar-refractivity contribution in [1.29, 1.82) is 0 Å². The average molecular weight is 220 g/mol. The van der Waals surface area contributed by atoms with Crippen LogP contribution in [-0.2, 0) is 9.53 Å². The Labute approximate surface area is 95.4 Å². The van der Waals surface area contributed by atoms with Gasteiger partial charge in [0.2, 0.25) is 0 Å². The maximum Gasteiger partial charge on any atom is 0.345 e. The molecule has 0 aromatic heterocycles. The zero-order chi connectivity index (χ0) is 12.0. The van der Waals surface area contributed by atoms with Gasteiger partial charge in [-0.15, -0.1) is 0 Å². The minimum absolute atomic E-state index is 0.246. The van der Waals surface area contributed by atoms with Gasteiger partial charge in [0.1, 0.15) is 0 Å². The fourth-order valence-electron chi connectivity index (χ4n) is 1.21. The maximum absolute atomic E-state index is 11.5. The SMILES string of the molecule is CCC(C)CC(=O)OC(=O)c1ccccc1. The molecule has 1 aromatic rings. The molecule has 0 heterocycles. The summed E-state index contributed by atoms with van der Waals surface area (Å²) in [5, 5.41) is 0. The molecule has 0 aliphatic carbocycles. The van der Waals surface area contributed by atoms with Crippen LogP contribution in [0, 0.1) is 5.92 Å². The van der Waals surface area contributed by atoms with Gasteiger partial charge in [-0.1, -0.05) is 38.5 Å². The van der Waals surface area contributed by atoms with E-state index in [-0.39, 0.29) is 12.3 Å². The lowest BCUT2D eigenvalue weighted by Crippen LogP contribution is -2.14. The molecule has 0 bridgehead atoms. The fraction of sp³-hybridized carbons (Fsp3) is 0.385. The highest BCUT2D eigenvalue weighted by atomic mass is 16.6. The quantitative estimate of drug-likeness (QED) is 0.579. The highest BCUT2D eigenvalue weighted by Gasteiger charge is 2.14. The summed E-state index contributed by atoms with van der Waals surface area (Å²) in [5.74, 6) is -0.784. The van der Waals surface area contributed by atoms with Gasteiger partial charge in [0, 0.05) is 6.42 Å². The van der Waals surface area contributed by atoms with Crippen molar-refractivity contribution in [2.24, 2.45) is 5.92 Å². The summed E-state index contributed by atoms with van der Waals surface area (Å²) in [6, 6.07) is 8.51. The van der Waals surface area contributed by atoms with Gasteiger partial charge in [-0.2, -0.15) is 0 Å². The molecule has 0 saturated heterocycles. The molecular weight excluding hydrogens is 204 g/mol. The Balaban J connectivity index is 2.49. The zero-order valence-electron chi connectivity index (χ0n) is 9.60. The van der Waals surface area contributed by atoms with E-state index >= 15 is 0 Å². The van der Waals surface area contributed by atoms with Crippen molar-refractivity contribution < 1.29 is 14.3 Å². The van der Waals surface area contributed by atoms with E-state index in [1.165, 1.54) is 0 Å². The second kappa shape index (κ2) is 6.05. The van der Waals surface area contributed by atoms with Gasteiger partial charge in [-0.3, -0.25) is 4.79 Å². The number of hydrogen-bond acceptors (Lipinski definition) is 3. The van der Waals surface area contributed by atoms with Crippen molar-refractivity contribution in [2.45, 2.75) is 26.7 Å². The van der Waals surface area contributed by atoms with E-state index in [2.05, 4.69) is 0 Å². The van der Waals surface area contributed by atoms with Crippen LogP contribution in [0.4, 0.5) is 0 Å². The van der Waals surface area contributed by atoms with Gasteiger partial charge in [-0.05, 0) is 18.1 Å². The summed E-state index contributed by atoms with van der Waals surface area (Å²) >= 11 is 0. The molecule has 0 N–H and O–H groups in total. The molecule has 0 aliphatic heterocycles. The van der Waals surface area contributed by atoms with Crippen molar-refractivity contribution >= 4 is 11.9 Å². The number of rotatable bonds is 4. The summed E-state index contributed by atoms with van der Waals surface area (Å²) in [4.78, 5) is 22.8. The molecule has 1 rings (SSSR count). The first kappa shape index (κ1) is 12.4. The van der Waals surface area contributed by atoms with Crippen molar-refractivity contribution in [3.05, 3.63) is 35.9 Å². The standard InChI is InChI=1S/C13H16O3/c1-3-10(2)9-12(14)16-13(15)11-7-5-4-6-8-11/h4-8,10H,3,9H2,1-2H3. The monoisotopic (exact) mass is 220 g/mol. The molecule has 3 nitrogen and oxygen atoms in total. The van der Waals surface area contributed by atoms with E-state index in [9.17, 15) is 9.59 Å². The summed E-state index contributed by atoms with van der Waals surface area (Å²) in [6.45, 7) is 3.95. The second-order valence-corrected chi connectivity index (χ2v) is 3.85. The molecule has 16 heavy (non-hydrogen) atoms. The molecule has 1 aromatic carbocycles. The molecule has 0 fully saturated rings. The van der Waals surface area contributed by atoms with Crippen molar-refractivity contribution in [3.8, 4) is 0 Å². The van der Waals surface area contributed by atoms with Crippen LogP contribution in [0.1, 0.15) is 37.0 Å². The predicted octanol–water partition coefficient (Wildman–Crippen LogP) is 2.81. The summed E-state index contributed by atoms with van der Waals surface area (Å²) in [6.07, 6.45) is 1.18. The third kappa shape index (κ3) is 3.85. The molecule has 1 atom stereocenters. The van der Waals surface area contributed by atoms with Gasteiger partial charge in [0.25, 0.3) is 0 Å². The number of benzene rings is 1. The number of carbonyl (C=O) groups is 2. The average Bonchev–Trinajstić information content (AvgIpc) is 2.29. The third-order valence-corrected chi connectivity index (χ3v) is 2.43. The molecule has 86 valence electrons. The molecule has 0 spiro atoms. The zero-order valence-corrected chi connectivity index (χ0v) is 9.60. The van der Waals surface area contributed by atoms with E-state index in [4.69, 9.17) is 4.74 Å². The summed E-state index contributed by atoms with van der Waals surface area (Å²) in [5.41, 5.74) is 0.403. The van der Waals surface area contributed by atoms with Crippen LogP contribution in [0.3, 0.4) is 0 Å². The van der Waals surface area contributed by atoms with Crippen LogP contribution in [0.15, 0.2) is 30.3 Å². The predicted molar refractivity (Wildman–Crippen MR) is 60.9 cm³/mol. The minimum Gasteiger partial charge on any atom is -0.389 e. The van der Waals surface area contributed by atoms with E-state index in [1.54, 1.807) is 30.3 Å². The molecule has 1 unspecified atom stereocenters. The van der Waals surface area contributed by atoms with Crippen LogP contribution in [0.25, 0.3) is 0 Å². The Morgan fingerprint density at radius 3 is 2.44 bits per heavy atom. The number of hydrogen-bond donors (Lipinski definition) is 0. The van der Waals surface area contributed by atoms with Crippen LogP contribution in [-0.4, -0.2) is 11.9 Å². The van der Waals surface area contributed by atoms with E-state index in [0.29, 0.717) is 5.56 Å². The lowest BCUT2D eigenvalue weighted by atomic mass is 10.1. The first-order chi connectivity index (χ1) is 7.63. The van der Waals surface area contributed by atoms with Crippen LogP contribution in [0.2, 0.25) is 0 Å². The van der Waals surface area contributed by atoms with E-state index in [1.807, 2.05) is 13.8 Å². The van der Waals surface area contributed by atoms with Crippen molar-refractivity contribution in [3.63, 3.8) is 0 Å². The van der Waals surface area contributed by atoms with Crippen LogP contribution < -0.4 is 0 Å². The molecule has 0 radical (unpaired) electrons. The molecule has 0 aliphatic rings. The van der Waals surface area contributed by atoms with Gasteiger partial charge >= 0.3 is 11.9 Å². The van der Waals surface area contributed by atoms with Gasteiger partial charge in [0.15, 0.2) is 0 Å². The smallest absolute Gasteiger partial charge is 0.345 e. The lowest BCUT2D eigenvalue weighted by Gasteiger charge is -2.07. The number of carbonyl (C=O) groups excluding carboxylic acids is 2. The van der Waals surface area contributed by atoms with Crippen LogP contribution in [0.5, 0.6) is 0 Å². The molecule has 0 saturated carbocycles. The van der Waals surface area contributed by atoms with Crippen molar-refractivity contribution in [2.75, 3.05) is 0 Å². The first-order valence-corrected chi connectivity index (χ1v) is 5.43. The van der Waals surface area contributed by atoms with E-state index < -0.39 is 11.9 Å². The Hall–Kier alpha value is -1.64. The van der Waals surface area contributed by atoms with Gasteiger partial charge in [-0.25, -0.2) is 4.79 Å². The summed E-state index contributed by atoms with van der Waals surface area (Å²) < 4.78 is 4.73. The van der Waals surface area contributed by atoms with Gasteiger partial charge < -0.3 is 4.74 Å². The highest BCUT2D eigenvalue weighted by molar-refractivity contribution is 5.96. The Morgan fingerprint density at radius 1 is 1.25 bits per heavy atom. The highest BCUT2D eigenvalue weighted by Crippen LogP contribution is 2.09. The third-order valence-electron chi connectivity index (χ3n) is 2.43. The minimum atomic E-state index is -0.575.